The van der Waals surface area contributed by atoms with Gasteiger partial charge in [0, 0.05) is 19.8 Å². The minimum Gasteiger partial charge on any atom is -0.490 e. The summed E-state index contributed by atoms with van der Waals surface area (Å²) in [7, 11) is 2.14. The smallest absolute Gasteiger partial charge is 0.157 e. The van der Waals surface area contributed by atoms with E-state index in [0.29, 0.717) is 6.10 Å². The molecule has 0 atom stereocenters. The van der Waals surface area contributed by atoms with Gasteiger partial charge in [-0.15, -0.1) is 11.3 Å². The van der Waals surface area contributed by atoms with Crippen LogP contribution in [-0.4, -0.2) is 33.3 Å². The van der Waals surface area contributed by atoms with E-state index in [-0.39, 0.29) is 0 Å². The van der Waals surface area contributed by atoms with Gasteiger partial charge in [0.25, 0.3) is 0 Å². The van der Waals surface area contributed by atoms with E-state index in [0.717, 1.165) is 62.6 Å². The lowest BCUT2D eigenvalue weighted by molar-refractivity contribution is 0.162. The molecule has 0 radical (unpaired) electrons. The van der Waals surface area contributed by atoms with E-state index in [1.54, 1.807) is 11.3 Å². The number of piperidine rings is 1. The molecule has 0 unspecified atom stereocenters. The van der Waals surface area contributed by atoms with Crippen molar-refractivity contribution in [3.63, 3.8) is 0 Å². The molecule has 5 rings (SSSR count). The van der Waals surface area contributed by atoms with Gasteiger partial charge in [-0.3, -0.25) is 0 Å². The third-order valence-electron chi connectivity index (χ3n) is 6.24. The van der Waals surface area contributed by atoms with Gasteiger partial charge in [0.15, 0.2) is 5.82 Å². The quantitative estimate of drug-likeness (QED) is 0.443. The first-order chi connectivity index (χ1) is 15.2. The van der Waals surface area contributed by atoms with E-state index in [1.807, 2.05) is 0 Å². The van der Waals surface area contributed by atoms with E-state index in [9.17, 15) is 0 Å². The maximum atomic E-state index is 6.15. The molecule has 3 aromatic heterocycles. The van der Waals surface area contributed by atoms with E-state index in [4.69, 9.17) is 9.72 Å². The second-order valence-electron chi connectivity index (χ2n) is 8.32. The average Bonchev–Trinajstić information content (AvgIpc) is 3.50. The van der Waals surface area contributed by atoms with Gasteiger partial charge in [0.05, 0.1) is 21.6 Å². The van der Waals surface area contributed by atoms with Crippen LogP contribution in [0.25, 0.3) is 21.7 Å². The van der Waals surface area contributed by atoms with Crippen LogP contribution in [0.15, 0.2) is 48.0 Å². The molecule has 5 nitrogen and oxygen atoms in total. The van der Waals surface area contributed by atoms with Crippen LogP contribution in [-0.2, 0) is 26.4 Å². The standard InChI is InChI=1S/C25H30N4OS/c1-3-19-17-29(25(27-19)23-16-24-22(28(23)2)11-15-31-24)14-10-18-4-6-20(7-5-18)30-21-8-12-26-13-9-21/h4-7,11,15-17,21,26H,3,8-10,12-14H2,1-2H3. The van der Waals surface area contributed by atoms with Crippen LogP contribution in [0.3, 0.4) is 0 Å². The Morgan fingerprint density at radius 1 is 1.16 bits per heavy atom. The van der Waals surface area contributed by atoms with E-state index in [2.05, 4.69) is 76.4 Å². The fourth-order valence-corrected chi connectivity index (χ4v) is 5.22. The highest BCUT2D eigenvalue weighted by Crippen LogP contribution is 2.30. The first-order valence-corrected chi connectivity index (χ1v) is 12.1. The number of rotatable bonds is 7. The maximum absolute atomic E-state index is 6.15. The number of ether oxygens (including phenoxy) is 1. The van der Waals surface area contributed by atoms with Crippen molar-refractivity contribution >= 4 is 21.6 Å². The summed E-state index contributed by atoms with van der Waals surface area (Å²) >= 11 is 1.79. The Bertz CT molecular complexity index is 1150. The van der Waals surface area contributed by atoms with Gasteiger partial charge in [-0.2, -0.15) is 0 Å². The normalized spacial score (nSPS) is 15.0. The summed E-state index contributed by atoms with van der Waals surface area (Å²) in [6.45, 7) is 5.18. The van der Waals surface area contributed by atoms with E-state index in [1.165, 1.54) is 21.5 Å². The molecule has 4 aromatic rings. The summed E-state index contributed by atoms with van der Waals surface area (Å²) in [5.74, 6) is 2.05. The number of imidazole rings is 1. The molecule has 0 amide bonds. The van der Waals surface area contributed by atoms with E-state index < -0.39 is 0 Å². The first-order valence-electron chi connectivity index (χ1n) is 11.3. The highest BCUT2D eigenvalue weighted by atomic mass is 32.1. The number of hydrogen-bond acceptors (Lipinski definition) is 4. The Balaban J connectivity index is 1.30. The molecule has 1 aliphatic heterocycles. The summed E-state index contributed by atoms with van der Waals surface area (Å²) in [6.07, 6.45) is 6.64. The molecule has 6 heteroatoms. The van der Waals surface area contributed by atoms with Crippen LogP contribution in [0.5, 0.6) is 5.75 Å². The summed E-state index contributed by atoms with van der Waals surface area (Å²) in [4.78, 5) is 4.95. The molecular formula is C25H30N4OS. The van der Waals surface area contributed by atoms with Crippen LogP contribution in [0.2, 0.25) is 0 Å². The lowest BCUT2D eigenvalue weighted by Crippen LogP contribution is -2.34. The molecule has 31 heavy (non-hydrogen) atoms. The van der Waals surface area contributed by atoms with Crippen molar-refractivity contribution in [3.05, 3.63) is 59.2 Å². The summed E-state index contributed by atoms with van der Waals surface area (Å²) in [6, 6.07) is 13.1. The highest BCUT2D eigenvalue weighted by Gasteiger charge is 2.16. The lowest BCUT2D eigenvalue weighted by atomic mass is 10.1. The molecule has 0 saturated carbocycles. The molecule has 1 N–H and O–H groups in total. The Morgan fingerprint density at radius 2 is 1.97 bits per heavy atom. The Labute approximate surface area is 187 Å². The molecule has 0 spiro atoms. The van der Waals surface area contributed by atoms with Gasteiger partial charge in [-0.1, -0.05) is 19.1 Å². The molecule has 0 aliphatic carbocycles. The molecular weight excluding hydrogens is 404 g/mol. The fourth-order valence-electron chi connectivity index (χ4n) is 4.37. The zero-order chi connectivity index (χ0) is 21.2. The second kappa shape index (κ2) is 8.89. The van der Waals surface area contributed by atoms with Gasteiger partial charge >= 0.3 is 0 Å². The number of fused-ring (bicyclic) bond motifs is 1. The monoisotopic (exact) mass is 434 g/mol. The van der Waals surface area contributed by atoms with Crippen molar-refractivity contribution in [1.29, 1.82) is 0 Å². The fraction of sp³-hybridized carbons (Fsp3) is 0.400. The Kier molecular flexibility index (Phi) is 5.83. The second-order valence-corrected chi connectivity index (χ2v) is 9.27. The predicted molar refractivity (Wildman–Crippen MR) is 128 cm³/mol. The Hall–Kier alpha value is -2.57. The predicted octanol–water partition coefficient (Wildman–Crippen LogP) is 5.04. The minimum atomic E-state index is 0.341. The van der Waals surface area contributed by atoms with Gasteiger partial charge < -0.3 is 19.2 Å². The SMILES string of the molecule is CCc1cn(CCc2ccc(OC3CCNCC3)cc2)c(-c2cc3sccc3n2C)n1. The minimum absolute atomic E-state index is 0.341. The van der Waals surface area contributed by atoms with Crippen molar-refractivity contribution in [2.24, 2.45) is 7.05 Å². The van der Waals surface area contributed by atoms with Crippen LogP contribution in [0.4, 0.5) is 0 Å². The molecule has 1 saturated heterocycles. The summed E-state index contributed by atoms with van der Waals surface area (Å²) in [5.41, 5.74) is 4.93. The maximum Gasteiger partial charge on any atom is 0.157 e. The van der Waals surface area contributed by atoms with E-state index >= 15 is 0 Å². The molecule has 162 valence electrons. The van der Waals surface area contributed by atoms with Gasteiger partial charge in [-0.25, -0.2) is 4.98 Å². The summed E-state index contributed by atoms with van der Waals surface area (Å²) < 4.78 is 12.0. The molecule has 1 aromatic carbocycles. The zero-order valence-corrected chi connectivity index (χ0v) is 19.1. The number of nitrogens with one attached hydrogen (secondary N) is 1. The average molecular weight is 435 g/mol. The molecule has 0 bridgehead atoms. The van der Waals surface area contributed by atoms with Crippen molar-refractivity contribution in [3.8, 4) is 17.3 Å². The van der Waals surface area contributed by atoms with Crippen molar-refractivity contribution in [2.75, 3.05) is 13.1 Å². The number of hydrogen-bond donors (Lipinski definition) is 1. The topological polar surface area (TPSA) is 44.0 Å². The van der Waals surface area contributed by atoms with Gasteiger partial charge in [0.1, 0.15) is 11.9 Å². The highest BCUT2D eigenvalue weighted by molar-refractivity contribution is 7.17. The third-order valence-corrected chi connectivity index (χ3v) is 7.09. The number of aromatic nitrogens is 3. The third kappa shape index (κ3) is 4.27. The molecule has 4 heterocycles. The molecule has 1 aliphatic rings. The van der Waals surface area contributed by atoms with Crippen LogP contribution in [0, 0.1) is 0 Å². The number of thiophene rings is 1. The van der Waals surface area contributed by atoms with Crippen molar-refractivity contribution in [1.82, 2.24) is 19.4 Å². The largest absolute Gasteiger partial charge is 0.490 e. The van der Waals surface area contributed by atoms with Crippen LogP contribution in [0.1, 0.15) is 31.0 Å². The van der Waals surface area contributed by atoms with Crippen molar-refractivity contribution in [2.45, 2.75) is 45.3 Å². The number of benzene rings is 1. The number of nitrogens with zero attached hydrogens (tertiary/aromatic N) is 3. The van der Waals surface area contributed by atoms with Crippen molar-refractivity contribution < 1.29 is 4.74 Å². The number of aryl methyl sites for hydroxylation is 4. The van der Waals surface area contributed by atoms with Gasteiger partial charge in [-0.05, 0) is 74.0 Å². The van der Waals surface area contributed by atoms with Crippen LogP contribution >= 0.6 is 11.3 Å². The first kappa shape index (κ1) is 20.3. The van der Waals surface area contributed by atoms with Gasteiger partial charge in [0.2, 0.25) is 0 Å². The molecule has 1 fully saturated rings. The zero-order valence-electron chi connectivity index (χ0n) is 18.3. The Morgan fingerprint density at radius 3 is 2.71 bits per heavy atom. The lowest BCUT2D eigenvalue weighted by Gasteiger charge is -2.23. The summed E-state index contributed by atoms with van der Waals surface area (Å²) in [5, 5.41) is 5.53. The van der Waals surface area contributed by atoms with Crippen LogP contribution < -0.4 is 10.1 Å².